The van der Waals surface area contributed by atoms with E-state index in [9.17, 15) is 5.11 Å². The molecule has 2 unspecified atom stereocenters. The number of rotatable bonds is 4. The van der Waals surface area contributed by atoms with Gasteiger partial charge in [-0.1, -0.05) is 43.2 Å². The van der Waals surface area contributed by atoms with Crippen LogP contribution in [0.1, 0.15) is 31.2 Å². The van der Waals surface area contributed by atoms with E-state index >= 15 is 0 Å². The molecule has 94 valence electrons. The van der Waals surface area contributed by atoms with Crippen molar-refractivity contribution >= 4 is 0 Å². The van der Waals surface area contributed by atoms with Crippen LogP contribution in [-0.4, -0.2) is 29.7 Å². The summed E-state index contributed by atoms with van der Waals surface area (Å²) in [6.07, 6.45) is 5.00. The van der Waals surface area contributed by atoms with Crippen LogP contribution in [-0.2, 0) is 6.54 Å². The van der Waals surface area contributed by atoms with Crippen LogP contribution in [0.3, 0.4) is 0 Å². The minimum absolute atomic E-state index is 0.337. The van der Waals surface area contributed by atoms with Crippen LogP contribution < -0.4 is 0 Å². The fourth-order valence-electron chi connectivity index (χ4n) is 2.97. The van der Waals surface area contributed by atoms with Crippen molar-refractivity contribution in [3.8, 4) is 0 Å². The SMILES string of the molecule is CN(Cc1ccccc1)C1CCCCC1CO. The van der Waals surface area contributed by atoms with Gasteiger partial charge in [0.05, 0.1) is 0 Å². The van der Waals surface area contributed by atoms with E-state index in [1.807, 2.05) is 0 Å². The molecular weight excluding hydrogens is 210 g/mol. The van der Waals surface area contributed by atoms with Crippen LogP contribution in [0, 0.1) is 5.92 Å². The summed E-state index contributed by atoms with van der Waals surface area (Å²) in [5.41, 5.74) is 1.36. The van der Waals surface area contributed by atoms with Crippen LogP contribution in [0.15, 0.2) is 30.3 Å². The van der Waals surface area contributed by atoms with Crippen LogP contribution in [0.5, 0.6) is 0 Å². The van der Waals surface area contributed by atoms with E-state index in [0.717, 1.165) is 6.54 Å². The fourth-order valence-corrected chi connectivity index (χ4v) is 2.97. The summed E-state index contributed by atoms with van der Waals surface area (Å²) in [5, 5.41) is 9.45. The molecule has 0 spiro atoms. The molecule has 1 N–H and O–H groups in total. The second-order valence-corrected chi connectivity index (χ2v) is 5.20. The maximum absolute atomic E-state index is 9.45. The van der Waals surface area contributed by atoms with Crippen molar-refractivity contribution in [2.24, 2.45) is 5.92 Å². The highest BCUT2D eigenvalue weighted by molar-refractivity contribution is 5.14. The molecular formula is C15H23NO. The summed E-state index contributed by atoms with van der Waals surface area (Å²) in [7, 11) is 2.19. The van der Waals surface area contributed by atoms with Crippen molar-refractivity contribution in [2.75, 3.05) is 13.7 Å². The molecule has 1 fully saturated rings. The second kappa shape index (κ2) is 6.18. The quantitative estimate of drug-likeness (QED) is 0.864. The standard InChI is InChI=1S/C15H23NO/c1-16(11-13-7-3-2-4-8-13)15-10-6-5-9-14(15)12-17/h2-4,7-8,14-15,17H,5-6,9-12H2,1H3. The molecule has 0 aliphatic heterocycles. The number of aliphatic hydroxyl groups is 1. The first-order valence-corrected chi connectivity index (χ1v) is 6.66. The van der Waals surface area contributed by atoms with Crippen LogP contribution in [0.2, 0.25) is 0 Å². The van der Waals surface area contributed by atoms with Crippen molar-refractivity contribution in [1.29, 1.82) is 0 Å². The summed E-state index contributed by atoms with van der Waals surface area (Å²) >= 11 is 0. The number of hydrogen-bond donors (Lipinski definition) is 1. The molecule has 2 atom stereocenters. The minimum atomic E-state index is 0.337. The first kappa shape index (κ1) is 12.6. The Morgan fingerprint density at radius 2 is 1.88 bits per heavy atom. The Bertz CT molecular complexity index is 325. The van der Waals surface area contributed by atoms with Gasteiger partial charge >= 0.3 is 0 Å². The lowest BCUT2D eigenvalue weighted by molar-refractivity contribution is 0.0780. The number of hydrogen-bond acceptors (Lipinski definition) is 2. The lowest BCUT2D eigenvalue weighted by Gasteiger charge is -2.37. The smallest absolute Gasteiger partial charge is 0.0474 e. The molecule has 2 nitrogen and oxygen atoms in total. The summed E-state index contributed by atoms with van der Waals surface area (Å²) in [5.74, 6) is 0.470. The van der Waals surface area contributed by atoms with Gasteiger partial charge in [-0.05, 0) is 31.4 Å². The third kappa shape index (κ3) is 3.30. The summed E-state index contributed by atoms with van der Waals surface area (Å²) in [4.78, 5) is 2.41. The molecule has 2 rings (SSSR count). The third-order valence-corrected chi connectivity index (χ3v) is 3.94. The molecule has 0 radical (unpaired) electrons. The van der Waals surface area contributed by atoms with Crippen LogP contribution in [0.25, 0.3) is 0 Å². The Balaban J connectivity index is 1.96. The lowest BCUT2D eigenvalue weighted by atomic mass is 9.84. The van der Waals surface area contributed by atoms with E-state index in [1.165, 1.54) is 31.2 Å². The molecule has 1 aromatic rings. The van der Waals surface area contributed by atoms with Gasteiger partial charge in [0, 0.05) is 19.2 Å². The largest absolute Gasteiger partial charge is 0.396 e. The van der Waals surface area contributed by atoms with Crippen molar-refractivity contribution < 1.29 is 5.11 Å². The predicted molar refractivity (Wildman–Crippen MR) is 70.7 cm³/mol. The summed E-state index contributed by atoms with van der Waals surface area (Å²) < 4.78 is 0. The molecule has 0 amide bonds. The second-order valence-electron chi connectivity index (χ2n) is 5.20. The molecule has 1 aromatic carbocycles. The van der Waals surface area contributed by atoms with Gasteiger partial charge in [0.1, 0.15) is 0 Å². The molecule has 2 heteroatoms. The molecule has 0 bridgehead atoms. The Morgan fingerprint density at radius 3 is 2.59 bits per heavy atom. The highest BCUT2D eigenvalue weighted by atomic mass is 16.3. The highest BCUT2D eigenvalue weighted by Gasteiger charge is 2.27. The van der Waals surface area contributed by atoms with Gasteiger partial charge in [0.2, 0.25) is 0 Å². The normalized spacial score (nSPS) is 25.1. The summed E-state index contributed by atoms with van der Waals surface area (Å²) in [6.45, 7) is 1.33. The average Bonchev–Trinajstić information content (AvgIpc) is 2.40. The molecule has 0 heterocycles. The zero-order valence-electron chi connectivity index (χ0n) is 10.7. The van der Waals surface area contributed by atoms with Gasteiger partial charge in [-0.3, -0.25) is 4.90 Å². The summed E-state index contributed by atoms with van der Waals surface area (Å²) in [6, 6.07) is 11.1. The Kier molecular flexibility index (Phi) is 4.57. The Labute approximate surface area is 104 Å². The van der Waals surface area contributed by atoms with Gasteiger partial charge in [0.25, 0.3) is 0 Å². The topological polar surface area (TPSA) is 23.5 Å². The van der Waals surface area contributed by atoms with E-state index in [-0.39, 0.29) is 0 Å². The van der Waals surface area contributed by atoms with E-state index < -0.39 is 0 Å². The third-order valence-electron chi connectivity index (χ3n) is 3.94. The first-order valence-electron chi connectivity index (χ1n) is 6.66. The average molecular weight is 233 g/mol. The predicted octanol–water partition coefficient (Wildman–Crippen LogP) is 2.67. The maximum Gasteiger partial charge on any atom is 0.0474 e. The first-order chi connectivity index (χ1) is 8.31. The minimum Gasteiger partial charge on any atom is -0.396 e. The molecule has 0 aromatic heterocycles. The number of aliphatic hydroxyl groups excluding tert-OH is 1. The molecule has 1 saturated carbocycles. The molecule has 0 saturated heterocycles. The zero-order chi connectivity index (χ0) is 12.1. The van der Waals surface area contributed by atoms with E-state index in [0.29, 0.717) is 18.6 Å². The van der Waals surface area contributed by atoms with E-state index in [4.69, 9.17) is 0 Å². The Hall–Kier alpha value is -0.860. The van der Waals surface area contributed by atoms with Crippen LogP contribution >= 0.6 is 0 Å². The molecule has 17 heavy (non-hydrogen) atoms. The van der Waals surface area contributed by atoms with E-state index in [2.05, 4.69) is 42.3 Å². The van der Waals surface area contributed by atoms with E-state index in [1.54, 1.807) is 0 Å². The van der Waals surface area contributed by atoms with Gasteiger partial charge in [-0.25, -0.2) is 0 Å². The molecule has 1 aliphatic carbocycles. The van der Waals surface area contributed by atoms with Crippen molar-refractivity contribution in [3.63, 3.8) is 0 Å². The zero-order valence-corrected chi connectivity index (χ0v) is 10.7. The van der Waals surface area contributed by atoms with Gasteiger partial charge in [-0.15, -0.1) is 0 Å². The lowest BCUT2D eigenvalue weighted by Crippen LogP contribution is -2.41. The molecule has 1 aliphatic rings. The maximum atomic E-state index is 9.45. The van der Waals surface area contributed by atoms with Gasteiger partial charge < -0.3 is 5.11 Å². The highest BCUT2D eigenvalue weighted by Crippen LogP contribution is 2.28. The van der Waals surface area contributed by atoms with Gasteiger partial charge in [-0.2, -0.15) is 0 Å². The number of benzene rings is 1. The van der Waals surface area contributed by atoms with Crippen molar-refractivity contribution in [1.82, 2.24) is 4.90 Å². The van der Waals surface area contributed by atoms with Gasteiger partial charge in [0.15, 0.2) is 0 Å². The van der Waals surface area contributed by atoms with Crippen molar-refractivity contribution in [3.05, 3.63) is 35.9 Å². The van der Waals surface area contributed by atoms with Crippen LogP contribution in [0.4, 0.5) is 0 Å². The van der Waals surface area contributed by atoms with Crippen molar-refractivity contribution in [2.45, 2.75) is 38.3 Å². The Morgan fingerprint density at radius 1 is 1.18 bits per heavy atom. The monoisotopic (exact) mass is 233 g/mol. The fraction of sp³-hybridized carbons (Fsp3) is 0.600. The number of nitrogens with zero attached hydrogens (tertiary/aromatic N) is 1.